The maximum Gasteiger partial charge on any atom is 0.326 e. The predicted octanol–water partition coefficient (Wildman–Crippen LogP) is 2.30. The fourth-order valence-electron chi connectivity index (χ4n) is 7.10. The van der Waals surface area contributed by atoms with Crippen molar-refractivity contribution in [3.63, 3.8) is 0 Å². The molecule has 1 amide bonds. The zero-order valence-corrected chi connectivity index (χ0v) is 16.1. The van der Waals surface area contributed by atoms with Gasteiger partial charge in [-0.2, -0.15) is 5.26 Å². The summed E-state index contributed by atoms with van der Waals surface area (Å²) in [5, 5.41) is 11.7. The molecule has 2 atom stereocenters. The van der Waals surface area contributed by atoms with Crippen molar-refractivity contribution in [3.8, 4) is 6.07 Å². The van der Waals surface area contributed by atoms with Crippen LogP contribution >= 0.6 is 0 Å². The molecule has 0 aromatic carbocycles. The van der Waals surface area contributed by atoms with Gasteiger partial charge in [0.25, 0.3) is 0 Å². The Morgan fingerprint density at radius 3 is 2.90 bits per heavy atom. The fraction of sp³-hybridized carbons (Fsp3) is 0.545. The number of amides is 1. The molecule has 5 aliphatic rings. The van der Waals surface area contributed by atoms with E-state index in [1.54, 1.807) is 6.20 Å². The molecule has 2 aromatic heterocycles. The normalized spacial score (nSPS) is 33.8. The van der Waals surface area contributed by atoms with Gasteiger partial charge in [0.1, 0.15) is 6.54 Å². The van der Waals surface area contributed by atoms with E-state index in [9.17, 15) is 9.59 Å². The van der Waals surface area contributed by atoms with Gasteiger partial charge < -0.3 is 10.3 Å². The number of allylic oxidation sites excluding steroid dienone is 1. The van der Waals surface area contributed by atoms with Gasteiger partial charge in [-0.1, -0.05) is 12.2 Å². The predicted molar refractivity (Wildman–Crippen MR) is 107 cm³/mol. The fourth-order valence-corrected chi connectivity index (χ4v) is 7.10. The molecule has 2 aromatic rings. The first-order valence-electron chi connectivity index (χ1n) is 10.5. The lowest BCUT2D eigenvalue weighted by Gasteiger charge is -2.59. The molecule has 0 spiro atoms. The van der Waals surface area contributed by atoms with Crippen LogP contribution in [0.15, 0.2) is 17.1 Å². The van der Waals surface area contributed by atoms with Crippen molar-refractivity contribution in [1.82, 2.24) is 19.9 Å². The number of nitriles is 1. The molecule has 2 N–H and O–H groups in total. The molecular weight excluding hydrogens is 366 g/mol. The lowest BCUT2D eigenvalue weighted by atomic mass is 9.47. The highest BCUT2D eigenvalue weighted by Crippen LogP contribution is 2.63. The monoisotopic (exact) mass is 389 g/mol. The number of nitrogens with zero attached hydrogens (tertiary/aromatic N) is 3. The van der Waals surface area contributed by atoms with E-state index in [1.807, 2.05) is 10.6 Å². The van der Waals surface area contributed by atoms with Crippen molar-refractivity contribution < 1.29 is 4.79 Å². The van der Waals surface area contributed by atoms with E-state index in [0.29, 0.717) is 17.8 Å². The van der Waals surface area contributed by atoms with E-state index in [0.717, 1.165) is 60.8 Å². The number of carbonyl (C=O) groups excluding carboxylic acids is 1. The number of rotatable bonds is 3. The lowest BCUT2D eigenvalue weighted by molar-refractivity contribution is -0.151. The van der Waals surface area contributed by atoms with Crippen LogP contribution in [0.25, 0.3) is 17.1 Å². The van der Waals surface area contributed by atoms with Gasteiger partial charge in [-0.05, 0) is 49.9 Å². The highest BCUT2D eigenvalue weighted by Gasteiger charge is 2.59. The van der Waals surface area contributed by atoms with Gasteiger partial charge in [0.05, 0.1) is 34.4 Å². The molecular formula is C22H23N5O2. The lowest BCUT2D eigenvalue weighted by Crippen LogP contribution is -2.57. The standard InChI is InChI=1S/C22H23N5O2/c23-4-5-24-20(28)22-8-12-6-13(9-22)18(14(7-12)10-22)27-19-15-2-1-3-16(15)25-11-17(19)26-21(27)29/h1-2,11-14,18H,3,5-10H2,(H,24,28)(H,26,29). The zero-order valence-electron chi connectivity index (χ0n) is 16.1. The molecule has 2 heterocycles. The van der Waals surface area contributed by atoms with E-state index in [2.05, 4.69) is 27.4 Å². The minimum absolute atomic E-state index is 0.0381. The van der Waals surface area contributed by atoms with Gasteiger partial charge >= 0.3 is 5.69 Å². The molecule has 5 aliphatic carbocycles. The van der Waals surface area contributed by atoms with Crippen LogP contribution in [0.5, 0.6) is 0 Å². The summed E-state index contributed by atoms with van der Waals surface area (Å²) in [6, 6.07) is 2.15. The third-order valence-electron chi connectivity index (χ3n) is 7.80. The average Bonchev–Trinajstić information content (AvgIpc) is 3.29. The number of aromatic amines is 1. The molecule has 148 valence electrons. The van der Waals surface area contributed by atoms with E-state index in [-0.39, 0.29) is 29.6 Å². The smallest absolute Gasteiger partial charge is 0.326 e. The number of hydrogen-bond acceptors (Lipinski definition) is 4. The SMILES string of the molecule is N#CCNC(=O)C12CC3CC(C1)C(n1c(=O)[nH]c4cnc5c(c41)C=CC5)C(C3)C2. The first-order valence-corrected chi connectivity index (χ1v) is 10.5. The van der Waals surface area contributed by atoms with Crippen LogP contribution in [-0.2, 0) is 11.2 Å². The molecule has 4 fully saturated rings. The van der Waals surface area contributed by atoms with Crippen LogP contribution in [0.4, 0.5) is 0 Å². The summed E-state index contributed by atoms with van der Waals surface area (Å²) < 4.78 is 2.00. The second kappa shape index (κ2) is 5.82. The van der Waals surface area contributed by atoms with Crippen molar-refractivity contribution in [2.75, 3.05) is 6.54 Å². The molecule has 7 rings (SSSR count). The number of aromatic nitrogens is 3. The van der Waals surface area contributed by atoms with E-state index in [1.165, 1.54) is 0 Å². The first kappa shape index (κ1) is 17.0. The Balaban J connectivity index is 1.44. The van der Waals surface area contributed by atoms with Crippen LogP contribution in [0.3, 0.4) is 0 Å². The molecule has 0 saturated heterocycles. The van der Waals surface area contributed by atoms with Crippen molar-refractivity contribution >= 4 is 23.0 Å². The molecule has 4 saturated carbocycles. The van der Waals surface area contributed by atoms with Gasteiger partial charge in [-0.15, -0.1) is 0 Å². The minimum atomic E-state index is -0.358. The van der Waals surface area contributed by atoms with Crippen molar-refractivity contribution in [2.45, 2.75) is 44.6 Å². The number of pyridine rings is 1. The number of fused-ring (bicyclic) bond motifs is 3. The maximum atomic E-state index is 13.1. The average molecular weight is 389 g/mol. The second-order valence-electron chi connectivity index (χ2n) is 9.37. The quantitative estimate of drug-likeness (QED) is 0.786. The van der Waals surface area contributed by atoms with Crippen molar-refractivity contribution in [2.24, 2.45) is 23.2 Å². The number of nitrogens with one attached hydrogen (secondary N) is 2. The number of carbonyl (C=O) groups is 1. The van der Waals surface area contributed by atoms with Crippen LogP contribution in [0.1, 0.15) is 49.4 Å². The second-order valence-corrected chi connectivity index (χ2v) is 9.37. The zero-order chi connectivity index (χ0) is 19.8. The highest BCUT2D eigenvalue weighted by molar-refractivity contribution is 5.87. The Bertz CT molecular complexity index is 1150. The van der Waals surface area contributed by atoms with Gasteiger partial charge in [0.15, 0.2) is 0 Å². The van der Waals surface area contributed by atoms with Crippen LogP contribution in [0.2, 0.25) is 0 Å². The molecule has 0 aliphatic heterocycles. The summed E-state index contributed by atoms with van der Waals surface area (Å²) in [6.07, 6.45) is 11.5. The number of H-pyrrole nitrogens is 1. The Morgan fingerprint density at radius 1 is 1.34 bits per heavy atom. The van der Waals surface area contributed by atoms with Gasteiger partial charge in [-0.25, -0.2) is 4.79 Å². The van der Waals surface area contributed by atoms with Crippen molar-refractivity contribution in [1.29, 1.82) is 5.26 Å². The van der Waals surface area contributed by atoms with Crippen molar-refractivity contribution in [3.05, 3.63) is 34.0 Å². The van der Waals surface area contributed by atoms with Crippen LogP contribution < -0.4 is 11.0 Å². The number of imidazole rings is 1. The van der Waals surface area contributed by atoms with Crippen LogP contribution in [-0.4, -0.2) is 27.0 Å². The summed E-state index contributed by atoms with van der Waals surface area (Å²) in [6.45, 7) is 0.0669. The molecule has 7 nitrogen and oxygen atoms in total. The Labute approximate surface area is 167 Å². The minimum Gasteiger partial charge on any atom is -0.343 e. The Kier molecular flexibility index (Phi) is 3.41. The third-order valence-corrected chi connectivity index (χ3v) is 7.80. The molecule has 4 bridgehead atoms. The summed E-state index contributed by atoms with van der Waals surface area (Å²) in [4.78, 5) is 33.5. The third kappa shape index (κ3) is 2.26. The largest absolute Gasteiger partial charge is 0.343 e. The molecule has 29 heavy (non-hydrogen) atoms. The van der Waals surface area contributed by atoms with Gasteiger partial charge in [0, 0.05) is 18.0 Å². The highest BCUT2D eigenvalue weighted by atomic mass is 16.2. The van der Waals surface area contributed by atoms with E-state index < -0.39 is 0 Å². The Morgan fingerprint density at radius 2 is 2.14 bits per heavy atom. The summed E-state index contributed by atoms with van der Waals surface area (Å²) in [7, 11) is 0. The number of hydrogen-bond donors (Lipinski definition) is 2. The van der Waals surface area contributed by atoms with Gasteiger partial charge in [-0.3, -0.25) is 14.3 Å². The van der Waals surface area contributed by atoms with E-state index >= 15 is 0 Å². The van der Waals surface area contributed by atoms with Crippen LogP contribution in [0, 0.1) is 34.5 Å². The summed E-state index contributed by atoms with van der Waals surface area (Å²) in [5.41, 5.74) is 3.46. The summed E-state index contributed by atoms with van der Waals surface area (Å²) in [5.74, 6) is 1.22. The maximum absolute atomic E-state index is 13.1. The first-order chi connectivity index (χ1) is 14.1. The molecule has 0 radical (unpaired) electrons. The molecule has 2 unspecified atom stereocenters. The molecule has 7 heteroatoms. The van der Waals surface area contributed by atoms with Gasteiger partial charge in [0.2, 0.25) is 5.91 Å². The summed E-state index contributed by atoms with van der Waals surface area (Å²) >= 11 is 0. The topological polar surface area (TPSA) is 104 Å². The Hall–Kier alpha value is -2.88. The van der Waals surface area contributed by atoms with E-state index in [4.69, 9.17) is 5.26 Å².